The molecule has 1 aliphatic rings. The lowest BCUT2D eigenvalue weighted by atomic mass is 9.95. The molecule has 0 aliphatic carbocycles. The van der Waals surface area contributed by atoms with Crippen LogP contribution in [0.5, 0.6) is 0 Å². The smallest absolute Gasteiger partial charge is 0.338 e. The van der Waals surface area contributed by atoms with Crippen LogP contribution in [0.25, 0.3) is 16.8 Å². The number of ether oxygens (including phenoxy) is 1. The predicted molar refractivity (Wildman–Crippen MR) is 150 cm³/mol. The summed E-state index contributed by atoms with van der Waals surface area (Å²) in [5.74, 6) is 2.79. The molecule has 1 aromatic heterocycles. The van der Waals surface area contributed by atoms with Crippen LogP contribution < -0.4 is 14.9 Å². The molecule has 2 heterocycles. The van der Waals surface area contributed by atoms with Gasteiger partial charge in [0.15, 0.2) is 4.80 Å². The molecule has 5 nitrogen and oxygen atoms in total. The van der Waals surface area contributed by atoms with Gasteiger partial charge in [-0.2, -0.15) is 0 Å². The highest BCUT2D eigenvalue weighted by Gasteiger charge is 2.33. The largest absolute Gasteiger partial charge is 0.466 e. The van der Waals surface area contributed by atoms with Gasteiger partial charge >= 0.3 is 5.97 Å². The first-order valence-corrected chi connectivity index (χ1v) is 13.6. The Labute approximate surface area is 222 Å². The number of allylic oxidation sites excluding steroid dienone is 1. The van der Waals surface area contributed by atoms with E-state index in [0.29, 0.717) is 32.8 Å². The van der Waals surface area contributed by atoms with E-state index < -0.39 is 12.0 Å². The number of hydrogen-bond acceptors (Lipinski definition) is 6. The van der Waals surface area contributed by atoms with Crippen LogP contribution in [-0.2, 0) is 9.53 Å². The van der Waals surface area contributed by atoms with E-state index in [2.05, 4.69) is 18.1 Å². The summed E-state index contributed by atoms with van der Waals surface area (Å²) in [4.78, 5) is 33.2. The minimum absolute atomic E-state index is 0.191. The number of nitrogens with zero attached hydrogens (tertiary/aromatic N) is 2. The van der Waals surface area contributed by atoms with Gasteiger partial charge in [0.1, 0.15) is 0 Å². The van der Waals surface area contributed by atoms with Crippen LogP contribution >= 0.6 is 23.1 Å². The predicted octanol–water partition coefficient (Wildman–Crippen LogP) is 4.68. The molecule has 0 spiro atoms. The Morgan fingerprint density at radius 3 is 2.57 bits per heavy atom. The summed E-state index contributed by atoms with van der Waals surface area (Å²) in [5, 5.41) is 2.13. The van der Waals surface area contributed by atoms with E-state index in [4.69, 9.17) is 16.2 Å². The number of thioether (sulfide) groups is 1. The molecule has 0 saturated heterocycles. The van der Waals surface area contributed by atoms with Gasteiger partial charge < -0.3 is 4.74 Å². The molecule has 184 valence electrons. The number of benzene rings is 3. The average Bonchev–Trinajstić information content (AvgIpc) is 3.25. The molecule has 37 heavy (non-hydrogen) atoms. The average molecular weight is 525 g/mol. The van der Waals surface area contributed by atoms with Gasteiger partial charge in [-0.05, 0) is 40.5 Å². The minimum atomic E-state index is -0.610. The van der Waals surface area contributed by atoms with Crippen molar-refractivity contribution >= 4 is 45.9 Å². The maximum Gasteiger partial charge on any atom is 0.338 e. The number of hydrogen-bond donors (Lipinski definition) is 0. The van der Waals surface area contributed by atoms with Gasteiger partial charge in [0.05, 0.1) is 34.7 Å². The summed E-state index contributed by atoms with van der Waals surface area (Å²) in [5.41, 5.74) is 2.61. The van der Waals surface area contributed by atoms with Gasteiger partial charge in [-0.3, -0.25) is 9.36 Å². The van der Waals surface area contributed by atoms with Gasteiger partial charge in [0, 0.05) is 4.90 Å². The van der Waals surface area contributed by atoms with E-state index in [9.17, 15) is 9.59 Å². The molecule has 1 atom stereocenters. The molecule has 5 rings (SSSR count). The molecule has 7 heteroatoms. The number of terminal acetylenes is 1. The fourth-order valence-electron chi connectivity index (χ4n) is 4.62. The number of aromatic nitrogens is 1. The summed E-state index contributed by atoms with van der Waals surface area (Å²) < 4.78 is 7.30. The Morgan fingerprint density at radius 2 is 1.86 bits per heavy atom. The number of methoxy groups -OCH3 is 1. The first kappa shape index (κ1) is 24.8. The number of rotatable bonds is 6. The van der Waals surface area contributed by atoms with Gasteiger partial charge in [-0.1, -0.05) is 84.8 Å². The second-order valence-corrected chi connectivity index (χ2v) is 10.4. The first-order valence-electron chi connectivity index (χ1n) is 11.8. The zero-order valence-corrected chi connectivity index (χ0v) is 22.1. The molecule has 1 aliphatic heterocycles. The minimum Gasteiger partial charge on any atom is -0.466 e. The monoisotopic (exact) mass is 524 g/mol. The highest BCUT2D eigenvalue weighted by molar-refractivity contribution is 7.99. The molecule has 0 N–H and O–H groups in total. The van der Waals surface area contributed by atoms with Crippen LogP contribution in [0.4, 0.5) is 0 Å². The second-order valence-electron chi connectivity index (χ2n) is 8.39. The third kappa shape index (κ3) is 4.55. The molecule has 0 amide bonds. The fourth-order valence-corrected chi connectivity index (χ4v) is 6.37. The van der Waals surface area contributed by atoms with E-state index in [-0.39, 0.29) is 5.56 Å². The normalized spacial score (nSPS) is 15.3. The first-order chi connectivity index (χ1) is 18.1. The van der Waals surface area contributed by atoms with Crippen molar-refractivity contribution < 1.29 is 9.53 Å². The molecular weight excluding hydrogens is 500 g/mol. The lowest BCUT2D eigenvalue weighted by molar-refractivity contribution is -0.136. The number of carbonyl (C=O) groups excluding carboxylic acids is 1. The Morgan fingerprint density at radius 1 is 1.14 bits per heavy atom. The van der Waals surface area contributed by atoms with Gasteiger partial charge in [0.2, 0.25) is 0 Å². The van der Waals surface area contributed by atoms with Crippen molar-refractivity contribution in [3.05, 3.63) is 109 Å². The summed E-state index contributed by atoms with van der Waals surface area (Å²) >= 11 is 2.95. The molecule has 0 bridgehead atoms. The number of esters is 1. The van der Waals surface area contributed by atoms with Gasteiger partial charge in [-0.15, -0.1) is 18.2 Å². The molecule has 4 aromatic rings. The highest BCUT2D eigenvalue weighted by atomic mass is 32.2. The van der Waals surface area contributed by atoms with Crippen LogP contribution in [0.3, 0.4) is 0 Å². The molecule has 0 radical (unpaired) electrons. The summed E-state index contributed by atoms with van der Waals surface area (Å²) in [6, 6.07) is 21.1. The lowest BCUT2D eigenvalue weighted by Gasteiger charge is -2.25. The van der Waals surface area contributed by atoms with Crippen molar-refractivity contribution in [2.75, 3.05) is 12.9 Å². The van der Waals surface area contributed by atoms with Crippen molar-refractivity contribution in [1.82, 2.24) is 4.57 Å². The summed E-state index contributed by atoms with van der Waals surface area (Å²) in [6.07, 6.45) is 7.93. The molecular formula is C30H24N2O3S2. The maximum atomic E-state index is 13.9. The maximum absolute atomic E-state index is 13.9. The van der Waals surface area contributed by atoms with E-state index in [1.165, 1.54) is 18.4 Å². The third-order valence-corrected chi connectivity index (χ3v) is 8.24. The fraction of sp³-hybridized carbons (Fsp3) is 0.167. The van der Waals surface area contributed by atoms with E-state index in [1.807, 2.05) is 67.6 Å². The summed E-state index contributed by atoms with van der Waals surface area (Å²) in [6.45, 7) is 1.95. The molecule has 0 saturated carbocycles. The van der Waals surface area contributed by atoms with Crippen LogP contribution in [0.2, 0.25) is 0 Å². The zero-order valence-electron chi connectivity index (χ0n) is 20.4. The van der Waals surface area contributed by atoms with E-state index in [1.54, 1.807) is 16.3 Å². The van der Waals surface area contributed by atoms with E-state index in [0.717, 1.165) is 26.8 Å². The van der Waals surface area contributed by atoms with Gasteiger partial charge in [-0.25, -0.2) is 9.79 Å². The molecule has 0 fully saturated rings. The second kappa shape index (κ2) is 10.6. The van der Waals surface area contributed by atoms with Crippen molar-refractivity contribution in [3.63, 3.8) is 0 Å². The number of thiazole rings is 1. The molecule has 3 aromatic carbocycles. The Kier molecular flexibility index (Phi) is 7.13. The van der Waals surface area contributed by atoms with Crippen LogP contribution in [-0.4, -0.2) is 23.4 Å². The van der Waals surface area contributed by atoms with Crippen LogP contribution in [0.1, 0.15) is 30.5 Å². The number of fused-ring (bicyclic) bond motifs is 2. The Bertz CT molecular complexity index is 1760. The lowest BCUT2D eigenvalue weighted by Crippen LogP contribution is -2.40. The van der Waals surface area contributed by atoms with Crippen LogP contribution in [0, 0.1) is 12.3 Å². The quantitative estimate of drug-likeness (QED) is 0.209. The standard InChI is InChI=1S/C30H24N2O3S2/c1-4-17-36-24-16-15-20(21-13-9-10-14-22(21)24)18-25-28(33)32-27(19-11-7-6-8-12-19)26(29(34)35-3)23(5-2)31-30(32)37-25/h1,6-16,18,27H,5,17H2,2-3H3/b25-18-/t27-/m0/s1. The van der Waals surface area contributed by atoms with Crippen molar-refractivity contribution in [2.45, 2.75) is 24.3 Å². The van der Waals surface area contributed by atoms with Crippen molar-refractivity contribution in [1.29, 1.82) is 0 Å². The topological polar surface area (TPSA) is 60.7 Å². The van der Waals surface area contributed by atoms with E-state index >= 15 is 0 Å². The highest BCUT2D eigenvalue weighted by Crippen LogP contribution is 2.32. The van der Waals surface area contributed by atoms with Gasteiger partial charge in [0.25, 0.3) is 5.56 Å². The Balaban J connectivity index is 1.74. The SMILES string of the molecule is C#CCSc1ccc(/C=c2\sc3n(c2=O)[C@@H](c2ccccc2)C(C(=O)OC)=C(CC)N=3)c2ccccc12. The molecule has 0 unspecified atom stereocenters. The van der Waals surface area contributed by atoms with Crippen molar-refractivity contribution in [3.8, 4) is 12.3 Å². The number of carbonyl (C=O) groups is 1. The summed E-state index contributed by atoms with van der Waals surface area (Å²) in [7, 11) is 1.35. The zero-order chi connectivity index (χ0) is 25.9. The Hall–Kier alpha value is -3.86. The third-order valence-electron chi connectivity index (χ3n) is 6.28. The van der Waals surface area contributed by atoms with Crippen molar-refractivity contribution in [2.24, 2.45) is 4.99 Å². The van der Waals surface area contributed by atoms with Crippen LogP contribution in [0.15, 0.2) is 92.7 Å².